The molecule has 14 heavy (non-hydrogen) atoms. The zero-order valence-electron chi connectivity index (χ0n) is 10.4. The van der Waals surface area contributed by atoms with E-state index in [0.29, 0.717) is 11.3 Å². The zero-order valence-corrected chi connectivity index (χ0v) is 10.4. The van der Waals surface area contributed by atoms with Gasteiger partial charge in [-0.25, -0.2) is 0 Å². The molecule has 0 saturated carbocycles. The Morgan fingerprint density at radius 2 is 2.07 bits per heavy atom. The van der Waals surface area contributed by atoms with E-state index >= 15 is 0 Å². The lowest BCUT2D eigenvalue weighted by Crippen LogP contribution is -2.18. The smallest absolute Gasteiger partial charge is 0.0104 e. The van der Waals surface area contributed by atoms with Crippen LogP contribution in [0.25, 0.3) is 0 Å². The molecule has 0 aromatic carbocycles. The van der Waals surface area contributed by atoms with E-state index in [0.717, 1.165) is 0 Å². The average Bonchev–Trinajstić information content (AvgIpc) is 2.08. The summed E-state index contributed by atoms with van der Waals surface area (Å²) in [6.07, 6.45) is 8.67. The molecule has 0 aromatic heterocycles. The molecule has 0 aromatic rings. The second-order valence-electron chi connectivity index (χ2n) is 5.41. The van der Waals surface area contributed by atoms with Crippen LogP contribution < -0.4 is 0 Å². The van der Waals surface area contributed by atoms with Gasteiger partial charge in [-0.1, -0.05) is 52.3 Å². The number of allylic oxidation sites excluding steroid dienone is 4. The first-order valence-electron chi connectivity index (χ1n) is 5.87. The Kier molecular flexibility index (Phi) is 3.58. The molecule has 1 aliphatic rings. The molecular weight excluding hydrogens is 168 g/mol. The van der Waals surface area contributed by atoms with Crippen LogP contribution in [0.1, 0.15) is 53.9 Å². The van der Waals surface area contributed by atoms with E-state index in [-0.39, 0.29) is 0 Å². The normalized spacial score (nSPS) is 24.1. The Bertz CT molecular complexity index is 251. The summed E-state index contributed by atoms with van der Waals surface area (Å²) in [5.74, 6) is 0.664. The molecule has 0 unspecified atom stereocenters. The second kappa shape index (κ2) is 4.33. The summed E-state index contributed by atoms with van der Waals surface area (Å²) >= 11 is 0. The van der Waals surface area contributed by atoms with Gasteiger partial charge in [-0.05, 0) is 36.2 Å². The topological polar surface area (TPSA) is 0 Å². The second-order valence-corrected chi connectivity index (χ2v) is 5.41. The Morgan fingerprint density at radius 3 is 2.57 bits per heavy atom. The van der Waals surface area contributed by atoms with Crippen LogP contribution in [0.4, 0.5) is 0 Å². The highest BCUT2D eigenvalue weighted by atomic mass is 14.3. The Morgan fingerprint density at radius 1 is 1.43 bits per heavy atom. The third-order valence-electron chi connectivity index (χ3n) is 3.18. The minimum absolute atomic E-state index is 0.392. The summed E-state index contributed by atoms with van der Waals surface area (Å²) in [4.78, 5) is 0. The highest BCUT2D eigenvalue weighted by Gasteiger charge is 2.25. The fraction of sp³-hybridized carbons (Fsp3) is 0.714. The first kappa shape index (κ1) is 11.6. The molecule has 0 nitrogen and oxygen atoms in total. The van der Waals surface area contributed by atoms with Crippen molar-refractivity contribution in [3.63, 3.8) is 0 Å². The van der Waals surface area contributed by atoms with Gasteiger partial charge < -0.3 is 0 Å². The average molecular weight is 192 g/mol. The molecule has 0 N–H and O–H groups in total. The van der Waals surface area contributed by atoms with Crippen molar-refractivity contribution in [3.05, 3.63) is 23.3 Å². The maximum absolute atomic E-state index is 2.43. The van der Waals surface area contributed by atoms with Gasteiger partial charge in [-0.3, -0.25) is 0 Å². The maximum Gasteiger partial charge on any atom is -0.0104 e. The highest BCUT2D eigenvalue weighted by Crippen LogP contribution is 2.40. The van der Waals surface area contributed by atoms with Gasteiger partial charge in [0.15, 0.2) is 0 Å². The number of hydrogen-bond donors (Lipinski definition) is 0. The lowest BCUT2D eigenvalue weighted by atomic mass is 9.73. The fourth-order valence-electron chi connectivity index (χ4n) is 2.02. The van der Waals surface area contributed by atoms with Gasteiger partial charge in [-0.2, -0.15) is 0 Å². The van der Waals surface area contributed by atoms with E-state index in [1.165, 1.54) is 19.3 Å². The fourth-order valence-corrected chi connectivity index (χ4v) is 2.02. The van der Waals surface area contributed by atoms with Crippen LogP contribution in [0.15, 0.2) is 23.3 Å². The van der Waals surface area contributed by atoms with E-state index in [4.69, 9.17) is 0 Å². The molecule has 0 heterocycles. The summed E-state index contributed by atoms with van der Waals surface area (Å²) in [7, 11) is 0. The molecule has 0 bridgehead atoms. The molecule has 0 saturated heterocycles. The number of hydrogen-bond acceptors (Lipinski definition) is 0. The zero-order chi connectivity index (χ0) is 10.8. The van der Waals surface area contributed by atoms with Crippen LogP contribution in [0.2, 0.25) is 0 Å². The van der Waals surface area contributed by atoms with Gasteiger partial charge in [-0.15, -0.1) is 0 Å². The molecule has 0 fully saturated rings. The minimum atomic E-state index is 0.392. The molecule has 0 radical (unpaired) electrons. The highest BCUT2D eigenvalue weighted by molar-refractivity contribution is 5.33. The molecule has 0 spiro atoms. The predicted molar refractivity (Wildman–Crippen MR) is 64.3 cm³/mol. The lowest BCUT2D eigenvalue weighted by molar-refractivity contribution is 0.398. The summed E-state index contributed by atoms with van der Waals surface area (Å²) in [6, 6.07) is 0. The van der Waals surface area contributed by atoms with Gasteiger partial charge in [0.2, 0.25) is 0 Å². The van der Waals surface area contributed by atoms with E-state index < -0.39 is 0 Å². The van der Waals surface area contributed by atoms with Gasteiger partial charge in [0, 0.05) is 0 Å². The Labute approximate surface area is 89.1 Å². The van der Waals surface area contributed by atoms with E-state index in [2.05, 4.69) is 46.8 Å². The van der Waals surface area contributed by atoms with Crippen LogP contribution in [0.5, 0.6) is 0 Å². The molecule has 0 heteroatoms. The Hall–Kier alpha value is -0.520. The van der Waals surface area contributed by atoms with Crippen molar-refractivity contribution in [2.75, 3.05) is 0 Å². The predicted octanol–water partition coefficient (Wildman–Crippen LogP) is 4.73. The van der Waals surface area contributed by atoms with Crippen molar-refractivity contribution in [2.45, 2.75) is 53.9 Å². The standard InChI is InChI=1S/C14H24/c1-6-12-7-8-14(4,5)13(10-12)9-11(2)3/h9-11H,6-8H2,1-5H3/b13-9+. The van der Waals surface area contributed by atoms with E-state index in [1.807, 2.05) is 0 Å². The van der Waals surface area contributed by atoms with Gasteiger partial charge in [0.05, 0.1) is 0 Å². The van der Waals surface area contributed by atoms with Crippen molar-refractivity contribution < 1.29 is 0 Å². The monoisotopic (exact) mass is 192 g/mol. The quantitative estimate of drug-likeness (QED) is 0.593. The van der Waals surface area contributed by atoms with Crippen LogP contribution in [-0.2, 0) is 0 Å². The molecule has 1 aliphatic carbocycles. The van der Waals surface area contributed by atoms with Gasteiger partial charge >= 0.3 is 0 Å². The molecule has 0 atom stereocenters. The summed E-state index contributed by atoms with van der Waals surface area (Å²) in [6.45, 7) is 11.5. The molecular formula is C14H24. The first-order chi connectivity index (χ1) is 6.45. The van der Waals surface area contributed by atoms with E-state index in [9.17, 15) is 0 Å². The molecule has 0 aliphatic heterocycles. The lowest BCUT2D eigenvalue weighted by Gasteiger charge is -2.32. The molecule has 80 valence electrons. The largest absolute Gasteiger partial charge is 0.0782 e. The summed E-state index contributed by atoms with van der Waals surface area (Å²) in [5, 5.41) is 0. The third-order valence-corrected chi connectivity index (χ3v) is 3.18. The van der Waals surface area contributed by atoms with Crippen molar-refractivity contribution in [1.29, 1.82) is 0 Å². The third kappa shape index (κ3) is 2.73. The van der Waals surface area contributed by atoms with Gasteiger partial charge in [0.1, 0.15) is 0 Å². The SMILES string of the molecule is CCC1=C/C(=C\C(C)C)C(C)(C)CC1. The van der Waals surface area contributed by atoms with Crippen molar-refractivity contribution in [1.82, 2.24) is 0 Å². The first-order valence-corrected chi connectivity index (χ1v) is 5.87. The Balaban J connectivity index is 2.96. The number of rotatable bonds is 2. The van der Waals surface area contributed by atoms with Crippen molar-refractivity contribution >= 4 is 0 Å². The summed E-state index contributed by atoms with van der Waals surface area (Å²) < 4.78 is 0. The molecule has 0 amide bonds. The minimum Gasteiger partial charge on any atom is -0.0782 e. The summed E-state index contributed by atoms with van der Waals surface area (Å²) in [5.41, 5.74) is 3.56. The van der Waals surface area contributed by atoms with Crippen LogP contribution in [-0.4, -0.2) is 0 Å². The van der Waals surface area contributed by atoms with E-state index in [1.54, 1.807) is 11.1 Å². The maximum atomic E-state index is 2.43. The van der Waals surface area contributed by atoms with Crippen molar-refractivity contribution in [3.8, 4) is 0 Å². The van der Waals surface area contributed by atoms with Crippen LogP contribution in [0, 0.1) is 11.3 Å². The molecule has 1 rings (SSSR count). The van der Waals surface area contributed by atoms with Gasteiger partial charge in [0.25, 0.3) is 0 Å². The van der Waals surface area contributed by atoms with Crippen LogP contribution in [0.3, 0.4) is 0 Å². The van der Waals surface area contributed by atoms with Crippen LogP contribution >= 0.6 is 0 Å². The van der Waals surface area contributed by atoms with Crippen molar-refractivity contribution in [2.24, 2.45) is 11.3 Å².